The number of aromatic nitrogens is 1. The molecule has 3 heteroatoms. The van der Waals surface area contributed by atoms with Crippen LogP contribution < -0.4 is 4.74 Å². The number of benzene rings is 2. The van der Waals surface area contributed by atoms with Crippen LogP contribution in [0.3, 0.4) is 0 Å². The van der Waals surface area contributed by atoms with Crippen LogP contribution >= 0.6 is 0 Å². The molecule has 0 bridgehead atoms. The van der Waals surface area contributed by atoms with Crippen molar-refractivity contribution < 1.29 is 9.84 Å². The third-order valence-corrected chi connectivity index (χ3v) is 4.03. The number of hydrogen-bond acceptors (Lipinski definition) is 3. The zero-order valence-corrected chi connectivity index (χ0v) is 13.0. The maximum absolute atomic E-state index is 11.5. The van der Waals surface area contributed by atoms with Gasteiger partial charge in [0.05, 0.1) is 7.11 Å². The van der Waals surface area contributed by atoms with E-state index in [0.29, 0.717) is 6.42 Å². The van der Waals surface area contributed by atoms with Gasteiger partial charge >= 0.3 is 0 Å². The van der Waals surface area contributed by atoms with Crippen molar-refractivity contribution in [3.8, 4) is 5.75 Å². The molecule has 0 amide bonds. The van der Waals surface area contributed by atoms with E-state index < -0.39 is 5.60 Å². The van der Waals surface area contributed by atoms with Crippen molar-refractivity contribution in [1.29, 1.82) is 0 Å². The van der Waals surface area contributed by atoms with Gasteiger partial charge in [-0.15, -0.1) is 0 Å². The van der Waals surface area contributed by atoms with E-state index in [4.69, 9.17) is 4.74 Å². The summed E-state index contributed by atoms with van der Waals surface area (Å²) in [5.74, 6) is 0.771. The Balaban J connectivity index is 2.05. The number of ether oxygens (including phenoxy) is 1. The fourth-order valence-corrected chi connectivity index (χ4v) is 2.75. The zero-order valence-electron chi connectivity index (χ0n) is 13.0. The van der Waals surface area contributed by atoms with Gasteiger partial charge < -0.3 is 9.84 Å². The van der Waals surface area contributed by atoms with Crippen molar-refractivity contribution in [2.24, 2.45) is 0 Å². The molecule has 0 aliphatic rings. The summed E-state index contributed by atoms with van der Waals surface area (Å²) in [5.41, 5.74) is 1.62. The number of nitrogens with zero attached hydrogens (tertiary/aromatic N) is 1. The highest BCUT2D eigenvalue weighted by Crippen LogP contribution is 2.34. The maximum Gasteiger partial charge on any atom is 0.119 e. The molecule has 0 saturated heterocycles. The van der Waals surface area contributed by atoms with Gasteiger partial charge in [-0.3, -0.25) is 4.98 Å². The number of aliphatic hydroxyl groups is 1. The lowest BCUT2D eigenvalue weighted by Crippen LogP contribution is -2.30. The Morgan fingerprint density at radius 1 is 0.870 bits per heavy atom. The van der Waals surface area contributed by atoms with Crippen LogP contribution in [0, 0.1) is 0 Å². The van der Waals surface area contributed by atoms with Gasteiger partial charge in [-0.05, 0) is 41.0 Å². The maximum atomic E-state index is 11.5. The minimum absolute atomic E-state index is 0.478. The zero-order chi connectivity index (χ0) is 16.1. The van der Waals surface area contributed by atoms with Crippen LogP contribution in [0.1, 0.15) is 16.7 Å². The third-order valence-electron chi connectivity index (χ3n) is 4.03. The molecule has 0 fully saturated rings. The van der Waals surface area contributed by atoms with Crippen LogP contribution in [-0.4, -0.2) is 17.2 Å². The van der Waals surface area contributed by atoms with E-state index in [1.54, 1.807) is 19.5 Å². The molecule has 0 unspecified atom stereocenters. The van der Waals surface area contributed by atoms with E-state index in [1.165, 1.54) is 0 Å². The molecule has 3 aromatic rings. The van der Waals surface area contributed by atoms with E-state index in [-0.39, 0.29) is 0 Å². The molecular weight excluding hydrogens is 286 g/mol. The average Bonchev–Trinajstić information content (AvgIpc) is 2.63. The van der Waals surface area contributed by atoms with Crippen LogP contribution in [0.2, 0.25) is 0 Å². The summed E-state index contributed by atoms with van der Waals surface area (Å²) in [5, 5.41) is 11.5. The molecule has 2 aromatic carbocycles. The number of pyridine rings is 1. The lowest BCUT2D eigenvalue weighted by atomic mass is 9.81. The molecule has 3 rings (SSSR count). The second kappa shape index (κ2) is 6.63. The SMILES string of the molecule is COc1ccc([C@@](O)(Cc2ccncc2)c2ccccc2)cc1. The second-order valence-electron chi connectivity index (χ2n) is 5.49. The molecule has 23 heavy (non-hydrogen) atoms. The standard InChI is InChI=1S/C20H19NO2/c1-23-19-9-7-18(8-10-19)20(22,17-5-3-2-4-6-17)15-16-11-13-21-14-12-16/h2-14,22H,15H2,1H3/t20-/m1/s1. The highest BCUT2D eigenvalue weighted by Gasteiger charge is 2.31. The Labute approximate surface area is 136 Å². The van der Waals surface area contributed by atoms with Crippen LogP contribution in [0.25, 0.3) is 0 Å². The first-order chi connectivity index (χ1) is 11.2. The highest BCUT2D eigenvalue weighted by atomic mass is 16.5. The largest absolute Gasteiger partial charge is 0.497 e. The summed E-state index contributed by atoms with van der Waals surface area (Å²) in [7, 11) is 1.63. The Morgan fingerprint density at radius 3 is 2.09 bits per heavy atom. The van der Waals surface area contributed by atoms with Crippen molar-refractivity contribution in [3.63, 3.8) is 0 Å². The molecule has 1 aromatic heterocycles. The lowest BCUT2D eigenvalue weighted by Gasteiger charge is -2.30. The van der Waals surface area contributed by atoms with Crippen LogP contribution in [0.4, 0.5) is 0 Å². The second-order valence-corrected chi connectivity index (χ2v) is 5.49. The van der Waals surface area contributed by atoms with Gasteiger partial charge in [0.25, 0.3) is 0 Å². The first kappa shape index (κ1) is 15.3. The van der Waals surface area contributed by atoms with Crippen molar-refractivity contribution in [3.05, 3.63) is 95.8 Å². The molecule has 0 saturated carbocycles. The van der Waals surface area contributed by atoms with E-state index >= 15 is 0 Å². The quantitative estimate of drug-likeness (QED) is 0.783. The van der Waals surface area contributed by atoms with Crippen molar-refractivity contribution >= 4 is 0 Å². The van der Waals surface area contributed by atoms with Crippen molar-refractivity contribution in [2.75, 3.05) is 7.11 Å². The van der Waals surface area contributed by atoms with Crippen LogP contribution in [0.5, 0.6) is 5.75 Å². The van der Waals surface area contributed by atoms with Gasteiger partial charge in [-0.1, -0.05) is 42.5 Å². The van der Waals surface area contributed by atoms with Crippen LogP contribution in [0.15, 0.2) is 79.1 Å². The molecule has 1 heterocycles. The Kier molecular flexibility index (Phi) is 4.40. The van der Waals surface area contributed by atoms with E-state index in [2.05, 4.69) is 4.98 Å². The molecule has 116 valence electrons. The Hall–Kier alpha value is -2.65. The lowest BCUT2D eigenvalue weighted by molar-refractivity contribution is 0.0811. The van der Waals surface area contributed by atoms with E-state index in [1.807, 2.05) is 66.7 Å². The summed E-state index contributed by atoms with van der Waals surface area (Å²) >= 11 is 0. The topological polar surface area (TPSA) is 42.4 Å². The third kappa shape index (κ3) is 3.25. The predicted molar refractivity (Wildman–Crippen MR) is 90.4 cm³/mol. The summed E-state index contributed by atoms with van der Waals surface area (Å²) < 4.78 is 5.22. The predicted octanol–water partition coefficient (Wildman–Crippen LogP) is 3.57. The fourth-order valence-electron chi connectivity index (χ4n) is 2.75. The van der Waals surface area contributed by atoms with Gasteiger partial charge in [-0.2, -0.15) is 0 Å². The number of methoxy groups -OCH3 is 1. The minimum Gasteiger partial charge on any atom is -0.497 e. The van der Waals surface area contributed by atoms with E-state index in [9.17, 15) is 5.11 Å². The monoisotopic (exact) mass is 305 g/mol. The Morgan fingerprint density at radius 2 is 1.48 bits per heavy atom. The molecule has 0 spiro atoms. The molecule has 0 radical (unpaired) electrons. The van der Waals surface area contributed by atoms with Crippen LogP contribution in [-0.2, 0) is 12.0 Å². The fraction of sp³-hybridized carbons (Fsp3) is 0.150. The summed E-state index contributed by atoms with van der Waals surface area (Å²) in [6.45, 7) is 0. The van der Waals surface area contributed by atoms with Gasteiger partial charge in [0.2, 0.25) is 0 Å². The Bertz CT molecular complexity index is 742. The normalized spacial score (nSPS) is 13.3. The van der Waals surface area contributed by atoms with Gasteiger partial charge in [0.15, 0.2) is 0 Å². The first-order valence-corrected chi connectivity index (χ1v) is 7.54. The summed E-state index contributed by atoms with van der Waals surface area (Å²) in [6, 6.07) is 21.1. The molecule has 1 atom stereocenters. The molecule has 0 aliphatic heterocycles. The highest BCUT2D eigenvalue weighted by molar-refractivity contribution is 5.40. The average molecular weight is 305 g/mol. The summed E-state index contributed by atoms with van der Waals surface area (Å²) in [6.07, 6.45) is 3.97. The summed E-state index contributed by atoms with van der Waals surface area (Å²) in [4.78, 5) is 4.05. The molecular formula is C20H19NO2. The smallest absolute Gasteiger partial charge is 0.119 e. The number of rotatable bonds is 5. The van der Waals surface area contributed by atoms with Gasteiger partial charge in [0, 0.05) is 18.8 Å². The van der Waals surface area contributed by atoms with Crippen molar-refractivity contribution in [2.45, 2.75) is 12.0 Å². The van der Waals surface area contributed by atoms with Gasteiger partial charge in [-0.25, -0.2) is 0 Å². The van der Waals surface area contributed by atoms with E-state index in [0.717, 1.165) is 22.4 Å². The number of hydrogen-bond donors (Lipinski definition) is 1. The molecule has 1 N–H and O–H groups in total. The van der Waals surface area contributed by atoms with Crippen molar-refractivity contribution in [1.82, 2.24) is 4.98 Å². The minimum atomic E-state index is -1.10. The first-order valence-electron chi connectivity index (χ1n) is 7.54. The molecule has 3 nitrogen and oxygen atoms in total. The molecule has 0 aliphatic carbocycles. The van der Waals surface area contributed by atoms with Gasteiger partial charge in [0.1, 0.15) is 11.4 Å².